The van der Waals surface area contributed by atoms with Gasteiger partial charge in [0.05, 0.1) is 12.3 Å². The number of aliphatic hydroxyl groups is 1. The number of hydrogen-bond acceptors (Lipinski definition) is 3. The van der Waals surface area contributed by atoms with E-state index in [1.165, 1.54) is 12.1 Å². The first-order valence-electron chi connectivity index (χ1n) is 4.90. The molecule has 0 aliphatic heterocycles. The van der Waals surface area contributed by atoms with Gasteiger partial charge in [-0.05, 0) is 25.1 Å². The first kappa shape index (κ1) is 10.7. The monoisotopic (exact) mass is 218 g/mol. The molecule has 0 saturated heterocycles. The molecule has 2 aromatic rings. The van der Waals surface area contributed by atoms with Crippen LogP contribution >= 0.6 is 0 Å². The van der Waals surface area contributed by atoms with Crippen LogP contribution in [0.1, 0.15) is 11.4 Å². The van der Waals surface area contributed by atoms with Crippen molar-refractivity contribution in [1.82, 2.24) is 9.97 Å². The zero-order valence-electron chi connectivity index (χ0n) is 8.81. The molecular weight excluding hydrogens is 207 g/mol. The number of halogens is 1. The quantitative estimate of drug-likeness (QED) is 0.839. The minimum Gasteiger partial charge on any atom is -0.390 e. The molecule has 3 nitrogen and oxygen atoms in total. The van der Waals surface area contributed by atoms with E-state index in [0.29, 0.717) is 17.1 Å². The third kappa shape index (κ3) is 2.23. The first-order chi connectivity index (χ1) is 7.69. The minimum atomic E-state index is -0.326. The summed E-state index contributed by atoms with van der Waals surface area (Å²) in [6, 6.07) is 7.78. The topological polar surface area (TPSA) is 46.0 Å². The lowest BCUT2D eigenvalue weighted by Gasteiger charge is -2.04. The number of aromatic nitrogens is 2. The first-order valence-corrected chi connectivity index (χ1v) is 4.90. The zero-order valence-corrected chi connectivity index (χ0v) is 8.81. The van der Waals surface area contributed by atoms with Crippen LogP contribution in [0.25, 0.3) is 11.4 Å². The van der Waals surface area contributed by atoms with E-state index in [4.69, 9.17) is 5.11 Å². The van der Waals surface area contributed by atoms with Crippen molar-refractivity contribution >= 4 is 0 Å². The van der Waals surface area contributed by atoms with E-state index in [2.05, 4.69) is 9.97 Å². The second-order valence-corrected chi connectivity index (χ2v) is 3.49. The van der Waals surface area contributed by atoms with Crippen LogP contribution in [0.4, 0.5) is 4.39 Å². The maximum atomic E-state index is 13.0. The highest BCUT2D eigenvalue weighted by Crippen LogP contribution is 2.16. The van der Waals surface area contributed by atoms with Gasteiger partial charge in [-0.2, -0.15) is 0 Å². The maximum absolute atomic E-state index is 13.0. The average Bonchev–Trinajstić information content (AvgIpc) is 2.28. The highest BCUT2D eigenvalue weighted by atomic mass is 19.1. The van der Waals surface area contributed by atoms with Gasteiger partial charge in [-0.1, -0.05) is 12.1 Å². The molecule has 1 heterocycles. The Kier molecular flexibility index (Phi) is 2.92. The van der Waals surface area contributed by atoms with Crippen molar-refractivity contribution < 1.29 is 9.50 Å². The summed E-state index contributed by atoms with van der Waals surface area (Å²) in [4.78, 5) is 8.34. The Morgan fingerprint density at radius 1 is 1.25 bits per heavy atom. The normalized spacial score (nSPS) is 10.4. The maximum Gasteiger partial charge on any atom is 0.159 e. The molecule has 1 aromatic carbocycles. The van der Waals surface area contributed by atoms with E-state index in [9.17, 15) is 4.39 Å². The van der Waals surface area contributed by atoms with Gasteiger partial charge >= 0.3 is 0 Å². The molecule has 0 amide bonds. The molecular formula is C12H11FN2O. The highest BCUT2D eigenvalue weighted by Gasteiger charge is 2.05. The van der Waals surface area contributed by atoms with Crippen LogP contribution in [0.2, 0.25) is 0 Å². The molecule has 0 saturated carbocycles. The van der Waals surface area contributed by atoms with Crippen LogP contribution in [-0.2, 0) is 6.61 Å². The lowest BCUT2D eigenvalue weighted by molar-refractivity contribution is 0.276. The van der Waals surface area contributed by atoms with Crippen LogP contribution in [0.5, 0.6) is 0 Å². The Hall–Kier alpha value is -1.81. The van der Waals surface area contributed by atoms with Crippen molar-refractivity contribution in [3.05, 3.63) is 47.5 Å². The summed E-state index contributed by atoms with van der Waals surface area (Å²) in [7, 11) is 0. The van der Waals surface area contributed by atoms with Gasteiger partial charge in [0.15, 0.2) is 5.82 Å². The molecule has 1 N–H and O–H groups in total. The van der Waals surface area contributed by atoms with Gasteiger partial charge in [-0.15, -0.1) is 0 Å². The van der Waals surface area contributed by atoms with Crippen molar-refractivity contribution in [2.75, 3.05) is 0 Å². The van der Waals surface area contributed by atoms with Gasteiger partial charge < -0.3 is 5.11 Å². The molecule has 0 fully saturated rings. The summed E-state index contributed by atoms with van der Waals surface area (Å²) >= 11 is 0. The van der Waals surface area contributed by atoms with Gasteiger partial charge in [0.1, 0.15) is 5.82 Å². The van der Waals surface area contributed by atoms with Crippen molar-refractivity contribution in [3.8, 4) is 11.4 Å². The van der Waals surface area contributed by atoms with Crippen molar-refractivity contribution in [1.29, 1.82) is 0 Å². The smallest absolute Gasteiger partial charge is 0.159 e. The van der Waals surface area contributed by atoms with Gasteiger partial charge in [-0.25, -0.2) is 14.4 Å². The molecule has 2 rings (SSSR count). The van der Waals surface area contributed by atoms with Crippen LogP contribution in [0.15, 0.2) is 30.3 Å². The van der Waals surface area contributed by atoms with Crippen LogP contribution in [0.3, 0.4) is 0 Å². The van der Waals surface area contributed by atoms with Gasteiger partial charge in [0, 0.05) is 11.3 Å². The van der Waals surface area contributed by atoms with E-state index in [1.807, 2.05) is 6.92 Å². The number of hydrogen-bond donors (Lipinski definition) is 1. The largest absolute Gasteiger partial charge is 0.390 e. The molecule has 82 valence electrons. The number of aliphatic hydroxyl groups excluding tert-OH is 1. The summed E-state index contributed by atoms with van der Waals surface area (Å²) in [6.07, 6.45) is 0. The zero-order chi connectivity index (χ0) is 11.5. The summed E-state index contributed by atoms with van der Waals surface area (Å²) in [5, 5.41) is 9.02. The van der Waals surface area contributed by atoms with E-state index >= 15 is 0 Å². The average molecular weight is 218 g/mol. The fourth-order valence-electron chi connectivity index (χ4n) is 1.47. The second kappa shape index (κ2) is 4.37. The lowest BCUT2D eigenvalue weighted by atomic mass is 10.2. The Bertz CT molecular complexity index is 514. The summed E-state index contributed by atoms with van der Waals surface area (Å²) in [5.74, 6) is 0.108. The SMILES string of the molecule is Cc1cc(CO)nc(-c2cccc(F)c2)n1. The summed E-state index contributed by atoms with van der Waals surface area (Å²) in [5.41, 5.74) is 1.89. The molecule has 1 aromatic heterocycles. The lowest BCUT2D eigenvalue weighted by Crippen LogP contribution is -1.97. The Morgan fingerprint density at radius 2 is 2.06 bits per heavy atom. The minimum absolute atomic E-state index is 0.147. The van der Waals surface area contributed by atoms with Crippen molar-refractivity contribution in [3.63, 3.8) is 0 Å². The summed E-state index contributed by atoms with van der Waals surface area (Å²) < 4.78 is 13.0. The van der Waals surface area contributed by atoms with Crippen LogP contribution in [-0.4, -0.2) is 15.1 Å². The molecule has 4 heteroatoms. The Morgan fingerprint density at radius 3 is 2.75 bits per heavy atom. The fourth-order valence-corrected chi connectivity index (χ4v) is 1.47. The van der Waals surface area contributed by atoms with Gasteiger partial charge in [-0.3, -0.25) is 0 Å². The molecule has 0 aliphatic carbocycles. The molecule has 0 spiro atoms. The summed E-state index contributed by atoms with van der Waals surface area (Å²) in [6.45, 7) is 1.66. The van der Waals surface area contributed by atoms with Crippen LogP contribution < -0.4 is 0 Å². The van der Waals surface area contributed by atoms with Crippen LogP contribution in [0, 0.1) is 12.7 Å². The Labute approximate surface area is 92.6 Å². The van der Waals surface area contributed by atoms with E-state index in [-0.39, 0.29) is 12.4 Å². The fraction of sp³-hybridized carbons (Fsp3) is 0.167. The highest BCUT2D eigenvalue weighted by molar-refractivity contribution is 5.55. The predicted octanol–water partition coefficient (Wildman–Crippen LogP) is 2.08. The van der Waals surface area contributed by atoms with E-state index in [0.717, 1.165) is 5.69 Å². The molecule has 0 radical (unpaired) electrons. The molecule has 0 unspecified atom stereocenters. The van der Waals surface area contributed by atoms with E-state index in [1.54, 1.807) is 18.2 Å². The number of aryl methyl sites for hydroxylation is 1. The number of nitrogens with zero attached hydrogens (tertiary/aromatic N) is 2. The molecule has 0 aliphatic rings. The molecule has 0 bridgehead atoms. The van der Waals surface area contributed by atoms with Crippen molar-refractivity contribution in [2.45, 2.75) is 13.5 Å². The molecule has 0 atom stereocenters. The van der Waals surface area contributed by atoms with Crippen molar-refractivity contribution in [2.24, 2.45) is 0 Å². The third-order valence-electron chi connectivity index (χ3n) is 2.15. The Balaban J connectivity index is 2.51. The second-order valence-electron chi connectivity index (χ2n) is 3.49. The molecule has 16 heavy (non-hydrogen) atoms. The predicted molar refractivity (Wildman–Crippen MR) is 58.1 cm³/mol. The van der Waals surface area contributed by atoms with Gasteiger partial charge in [0.25, 0.3) is 0 Å². The number of benzene rings is 1. The van der Waals surface area contributed by atoms with E-state index < -0.39 is 0 Å². The number of rotatable bonds is 2. The third-order valence-corrected chi connectivity index (χ3v) is 2.15. The van der Waals surface area contributed by atoms with Gasteiger partial charge in [0.2, 0.25) is 0 Å². The standard InChI is InChI=1S/C12H11FN2O/c1-8-5-11(7-16)15-12(14-8)9-3-2-4-10(13)6-9/h2-6,16H,7H2,1H3.